The highest BCUT2D eigenvalue weighted by molar-refractivity contribution is 6.10. The van der Waals surface area contributed by atoms with E-state index in [1.54, 1.807) is 0 Å². The minimum Gasteiger partial charge on any atom is -0.310 e. The molecule has 0 bridgehead atoms. The van der Waals surface area contributed by atoms with Crippen LogP contribution in [-0.2, 0) is 16.2 Å². The molecule has 0 spiro atoms. The van der Waals surface area contributed by atoms with Gasteiger partial charge in [0.2, 0.25) is 0 Å². The van der Waals surface area contributed by atoms with Crippen molar-refractivity contribution in [2.75, 3.05) is 4.90 Å². The Morgan fingerprint density at radius 1 is 0.410 bits per heavy atom. The van der Waals surface area contributed by atoms with E-state index in [9.17, 15) is 0 Å². The Labute approximate surface area is 360 Å². The van der Waals surface area contributed by atoms with Crippen molar-refractivity contribution in [1.82, 2.24) is 4.57 Å². The molecule has 1 heterocycles. The van der Waals surface area contributed by atoms with Crippen molar-refractivity contribution in [2.24, 2.45) is 0 Å². The fraction of sp³-hybridized carbons (Fsp3) is 0.186. The summed E-state index contributed by atoms with van der Waals surface area (Å²) in [6.45, 7) is 14.4. The van der Waals surface area contributed by atoms with Gasteiger partial charge in [-0.15, -0.1) is 0 Å². The first-order chi connectivity index (χ1) is 29.5. The van der Waals surface area contributed by atoms with E-state index in [0.717, 1.165) is 11.4 Å². The Hall–Kier alpha value is -6.64. The van der Waals surface area contributed by atoms with Crippen LogP contribution in [0.15, 0.2) is 182 Å². The molecule has 0 saturated carbocycles. The summed E-state index contributed by atoms with van der Waals surface area (Å²) in [4.78, 5) is 2.46. The Bertz CT molecular complexity index is 3160. The van der Waals surface area contributed by atoms with E-state index in [2.05, 4.69) is 233 Å². The number of benzene rings is 8. The molecule has 9 aromatic rings. The van der Waals surface area contributed by atoms with E-state index in [0.29, 0.717) is 0 Å². The molecular weight excluding hydrogens is 737 g/mol. The highest BCUT2D eigenvalue weighted by Crippen LogP contribution is 2.54. The van der Waals surface area contributed by atoms with Gasteiger partial charge in [0.15, 0.2) is 0 Å². The second kappa shape index (κ2) is 13.7. The number of hydrogen-bond donors (Lipinski definition) is 0. The molecule has 2 heteroatoms. The average Bonchev–Trinajstić information content (AvgIpc) is 3.74. The average molecular weight is 789 g/mol. The van der Waals surface area contributed by atoms with Crippen LogP contribution in [0.25, 0.3) is 60.9 Å². The van der Waals surface area contributed by atoms with Crippen molar-refractivity contribution in [3.8, 4) is 39.1 Å². The summed E-state index contributed by atoms with van der Waals surface area (Å²) in [6.07, 6.45) is 2.41. The normalized spacial score (nSPS) is 15.6. The summed E-state index contributed by atoms with van der Waals surface area (Å²) in [5.74, 6) is 0. The molecule has 1 aromatic heterocycles. The lowest BCUT2D eigenvalue weighted by Crippen LogP contribution is -2.33. The van der Waals surface area contributed by atoms with E-state index in [1.807, 2.05) is 0 Å². The summed E-state index contributed by atoms with van der Waals surface area (Å²) >= 11 is 0. The second-order valence-corrected chi connectivity index (χ2v) is 19.3. The summed E-state index contributed by atoms with van der Waals surface area (Å²) in [7, 11) is 0. The molecule has 0 N–H and O–H groups in total. The highest BCUT2D eigenvalue weighted by Gasteiger charge is 2.39. The molecule has 2 aliphatic rings. The number of aromatic nitrogens is 1. The molecule has 0 atom stereocenters. The lowest BCUT2D eigenvalue weighted by molar-refractivity contribution is 0.332. The van der Waals surface area contributed by atoms with Gasteiger partial charge in [0.25, 0.3) is 0 Å². The van der Waals surface area contributed by atoms with Crippen LogP contribution < -0.4 is 4.90 Å². The van der Waals surface area contributed by atoms with Gasteiger partial charge < -0.3 is 9.47 Å². The van der Waals surface area contributed by atoms with Crippen molar-refractivity contribution in [1.29, 1.82) is 0 Å². The monoisotopic (exact) mass is 788 g/mol. The zero-order valence-electron chi connectivity index (χ0n) is 36.1. The molecule has 0 fully saturated rings. The quantitative estimate of drug-likeness (QED) is 0.163. The maximum Gasteiger partial charge on any atom is 0.0543 e. The van der Waals surface area contributed by atoms with Crippen molar-refractivity contribution < 1.29 is 0 Å². The molecular formula is C59H52N2. The fourth-order valence-electron chi connectivity index (χ4n) is 10.8. The summed E-state index contributed by atoms with van der Waals surface area (Å²) in [5.41, 5.74) is 20.5. The number of nitrogens with zero attached hydrogens (tertiary/aromatic N) is 2. The fourth-order valence-corrected chi connectivity index (χ4v) is 10.8. The van der Waals surface area contributed by atoms with Crippen LogP contribution in [0.1, 0.15) is 76.6 Å². The topological polar surface area (TPSA) is 8.17 Å². The van der Waals surface area contributed by atoms with Crippen molar-refractivity contribution in [3.05, 3.63) is 204 Å². The molecule has 298 valence electrons. The van der Waals surface area contributed by atoms with Crippen LogP contribution in [0, 0.1) is 0 Å². The van der Waals surface area contributed by atoms with Crippen LogP contribution in [0.3, 0.4) is 0 Å². The van der Waals surface area contributed by atoms with Gasteiger partial charge in [0.05, 0.1) is 16.7 Å². The number of rotatable bonds is 6. The number of anilines is 3. The Morgan fingerprint density at radius 2 is 1.03 bits per heavy atom. The maximum absolute atomic E-state index is 2.48. The van der Waals surface area contributed by atoms with Gasteiger partial charge in [-0.2, -0.15) is 0 Å². The third kappa shape index (κ3) is 5.91. The first-order valence-electron chi connectivity index (χ1n) is 22.0. The van der Waals surface area contributed by atoms with Crippen LogP contribution >= 0.6 is 0 Å². The predicted octanol–water partition coefficient (Wildman–Crippen LogP) is 16.2. The highest BCUT2D eigenvalue weighted by atomic mass is 15.1. The van der Waals surface area contributed by atoms with Crippen LogP contribution in [0.5, 0.6) is 0 Å². The van der Waals surface area contributed by atoms with E-state index < -0.39 is 0 Å². The molecule has 61 heavy (non-hydrogen) atoms. The smallest absolute Gasteiger partial charge is 0.0543 e. The Balaban J connectivity index is 1.03. The summed E-state index contributed by atoms with van der Waals surface area (Å²) in [5, 5.41) is 2.55. The van der Waals surface area contributed by atoms with Crippen LogP contribution in [0.4, 0.5) is 17.1 Å². The third-order valence-electron chi connectivity index (χ3n) is 14.3. The predicted molar refractivity (Wildman–Crippen MR) is 259 cm³/mol. The van der Waals surface area contributed by atoms with Gasteiger partial charge in [-0.25, -0.2) is 0 Å². The molecule has 2 nitrogen and oxygen atoms in total. The maximum atomic E-state index is 2.48. The molecule has 0 radical (unpaired) electrons. The Kier molecular flexibility index (Phi) is 8.39. The second-order valence-electron chi connectivity index (χ2n) is 19.3. The number of fused-ring (bicyclic) bond motifs is 7. The van der Waals surface area contributed by atoms with Crippen LogP contribution in [-0.4, -0.2) is 4.57 Å². The molecule has 8 aromatic carbocycles. The van der Waals surface area contributed by atoms with Crippen molar-refractivity contribution in [3.63, 3.8) is 0 Å². The van der Waals surface area contributed by atoms with Gasteiger partial charge >= 0.3 is 0 Å². The van der Waals surface area contributed by atoms with Crippen molar-refractivity contribution in [2.45, 2.75) is 70.6 Å². The van der Waals surface area contributed by atoms with Gasteiger partial charge in [0.1, 0.15) is 0 Å². The van der Waals surface area contributed by atoms with Gasteiger partial charge in [-0.05, 0) is 134 Å². The lowest BCUT2D eigenvalue weighted by atomic mass is 9.63. The minimum absolute atomic E-state index is 0.0987. The molecule has 2 aliphatic carbocycles. The minimum atomic E-state index is -0.0987. The molecule has 0 unspecified atom stereocenters. The Morgan fingerprint density at radius 3 is 1.85 bits per heavy atom. The van der Waals surface area contributed by atoms with E-state index in [1.165, 1.54) is 102 Å². The van der Waals surface area contributed by atoms with E-state index >= 15 is 0 Å². The molecule has 0 saturated heterocycles. The SMILES string of the molecule is CC1(C)CCC(C)(C)c2cc(-n3c4ccccc4c4cc(-c5ccc(N(c6cccc(-c7ccccc7)c6)c6cccc7c6-c6ccccc6C7(C)C)cc5)ccc43)ccc21. The van der Waals surface area contributed by atoms with Crippen molar-refractivity contribution >= 4 is 38.9 Å². The molecule has 11 rings (SSSR count). The summed E-state index contributed by atoms with van der Waals surface area (Å²) in [6, 6.07) is 67.9. The van der Waals surface area contributed by atoms with Gasteiger partial charge in [-0.3, -0.25) is 0 Å². The third-order valence-corrected chi connectivity index (χ3v) is 14.3. The van der Waals surface area contributed by atoms with E-state index in [4.69, 9.17) is 0 Å². The first kappa shape index (κ1) is 37.4. The number of hydrogen-bond acceptors (Lipinski definition) is 1. The largest absolute Gasteiger partial charge is 0.310 e. The lowest BCUT2D eigenvalue weighted by Gasteiger charge is -2.42. The zero-order chi connectivity index (χ0) is 41.7. The summed E-state index contributed by atoms with van der Waals surface area (Å²) < 4.78 is 2.48. The standard InChI is InChI=1S/C59H52N2/c1-57(2)34-35-58(3,4)52-38-45(31-32-50(52)57)61-53-24-13-11-20-46(53)48-37-42(28-33-54(48)61)40-26-29-43(30-27-40)60(44-19-14-18-41(36-44)39-16-8-7-9-17-39)55-25-15-23-51-56(55)47-21-10-12-22-49(47)59(51,5)6/h7-33,36-38H,34-35H2,1-6H3. The first-order valence-corrected chi connectivity index (χ1v) is 22.0. The van der Waals surface area contributed by atoms with Crippen LogP contribution in [0.2, 0.25) is 0 Å². The zero-order valence-corrected chi connectivity index (χ0v) is 36.1. The van der Waals surface area contributed by atoms with E-state index in [-0.39, 0.29) is 16.2 Å². The van der Waals surface area contributed by atoms with Gasteiger partial charge in [-0.1, -0.05) is 163 Å². The number of para-hydroxylation sites is 1. The van der Waals surface area contributed by atoms with Gasteiger partial charge in [0, 0.05) is 38.8 Å². The molecule has 0 aliphatic heterocycles. The molecule has 0 amide bonds.